The van der Waals surface area contributed by atoms with E-state index in [2.05, 4.69) is 65.6 Å². The number of aromatic nitrogens is 6. The van der Waals surface area contributed by atoms with Gasteiger partial charge in [0.25, 0.3) is 0 Å². The monoisotopic (exact) mass is 640 g/mol. The number of anilines is 1. The second kappa shape index (κ2) is 12.3. The number of fused-ring (bicyclic) bond motifs is 2. The topological polar surface area (TPSA) is 107 Å². The minimum Gasteiger partial charge on any atom is -0.358 e. The van der Waals surface area contributed by atoms with Crippen LogP contribution in [0, 0.1) is 5.82 Å². The molecular weight excluding hydrogens is 608 g/mol. The fourth-order valence-corrected chi connectivity index (χ4v) is 6.08. The van der Waals surface area contributed by atoms with Crippen molar-refractivity contribution in [2.45, 2.75) is 13.0 Å². The number of benzene rings is 2. The smallest absolute Gasteiger partial charge is 0.135 e. The lowest BCUT2D eigenvalue weighted by atomic mass is 10.0. The summed E-state index contributed by atoms with van der Waals surface area (Å²) in [6.45, 7) is 4.66. The highest BCUT2D eigenvalue weighted by Crippen LogP contribution is 2.34. The molecule has 0 saturated carbocycles. The highest BCUT2D eigenvalue weighted by Gasteiger charge is 2.17. The third-order valence-corrected chi connectivity index (χ3v) is 8.56. The quantitative estimate of drug-likeness (QED) is 0.114. The molecule has 0 radical (unpaired) electrons. The molecule has 10 heteroatoms. The fraction of sp³-hybridized carbons (Fsp3) is 0.0811. The number of nitrogens with one attached hydrogen (secondary N) is 4. The zero-order chi connectivity index (χ0) is 32.5. The van der Waals surface area contributed by atoms with Crippen molar-refractivity contribution < 1.29 is 4.39 Å². The number of pyridine rings is 3. The Hall–Kier alpha value is -5.58. The maximum atomic E-state index is 14.8. The zero-order valence-electron chi connectivity index (χ0n) is 25.8. The van der Waals surface area contributed by atoms with Crippen LogP contribution in [0.2, 0.25) is 0 Å². The SMILES string of the molecule is C=C(Cc1ccccc1)Nc1cncc(-c2ccc3[nH]nc(-c4cc5c(-c6cc(F)cc(CNS(=C)(=C)C)c6)cncc5[nH]4)c3n2)c1. The maximum absolute atomic E-state index is 14.8. The summed E-state index contributed by atoms with van der Waals surface area (Å²) in [6.07, 6.45) is 9.74. The number of allylic oxidation sites excluding steroid dienone is 1. The standard InChI is InChI=1S/C37H33FN8S/c1-23(12-24-8-6-5-7-9-24)42-29-16-27(19-39-20-29)32-10-11-33-36(44-32)37(46-45-33)34-17-30-31(21-40-22-35(30)43-34)26-13-25(14-28(38)15-26)18-41-47(2,3)4/h5-11,13-17,19-22,41-43H,1-3,12,18H2,4H3,(H,45,46). The van der Waals surface area contributed by atoms with E-state index in [1.54, 1.807) is 24.8 Å². The summed E-state index contributed by atoms with van der Waals surface area (Å²) < 4.78 is 18.1. The van der Waals surface area contributed by atoms with E-state index in [0.717, 1.165) is 61.4 Å². The van der Waals surface area contributed by atoms with Gasteiger partial charge in [-0.1, -0.05) is 48.7 Å². The molecule has 0 saturated heterocycles. The summed E-state index contributed by atoms with van der Waals surface area (Å²) in [5.74, 6) is 7.80. The van der Waals surface area contributed by atoms with Gasteiger partial charge in [0.05, 0.1) is 40.5 Å². The minimum atomic E-state index is -1.44. The van der Waals surface area contributed by atoms with Crippen LogP contribution in [0.15, 0.2) is 110 Å². The van der Waals surface area contributed by atoms with Crippen molar-refractivity contribution in [2.24, 2.45) is 0 Å². The molecule has 0 amide bonds. The van der Waals surface area contributed by atoms with E-state index in [-0.39, 0.29) is 5.82 Å². The molecule has 5 aromatic heterocycles. The van der Waals surface area contributed by atoms with Gasteiger partial charge in [0, 0.05) is 47.6 Å². The number of halogens is 1. The Morgan fingerprint density at radius 2 is 1.70 bits per heavy atom. The number of rotatable bonds is 10. The van der Waals surface area contributed by atoms with E-state index < -0.39 is 9.39 Å². The molecule has 0 aliphatic rings. The summed E-state index contributed by atoms with van der Waals surface area (Å²) >= 11 is 0. The molecule has 4 N–H and O–H groups in total. The van der Waals surface area contributed by atoms with Crippen molar-refractivity contribution in [3.63, 3.8) is 0 Å². The highest BCUT2D eigenvalue weighted by molar-refractivity contribution is 8.25. The number of nitrogens with zero attached hydrogens (tertiary/aromatic N) is 4. The number of hydrogen-bond donors (Lipinski definition) is 4. The highest BCUT2D eigenvalue weighted by atomic mass is 32.2. The molecular formula is C37H33FN8S. The second-order valence-corrected chi connectivity index (χ2v) is 14.6. The molecule has 0 spiro atoms. The average molecular weight is 641 g/mol. The lowest BCUT2D eigenvalue weighted by Gasteiger charge is -2.12. The van der Waals surface area contributed by atoms with Gasteiger partial charge < -0.3 is 10.3 Å². The predicted octanol–water partition coefficient (Wildman–Crippen LogP) is 7.84. The van der Waals surface area contributed by atoms with Gasteiger partial charge in [0.2, 0.25) is 0 Å². The molecule has 47 heavy (non-hydrogen) atoms. The first-order valence-electron chi connectivity index (χ1n) is 14.9. The first kappa shape index (κ1) is 30.1. The number of H-pyrrole nitrogens is 2. The second-order valence-electron chi connectivity index (χ2n) is 11.8. The Bertz CT molecular complexity index is 2380. The van der Waals surface area contributed by atoms with Crippen molar-refractivity contribution in [3.8, 4) is 33.8 Å². The van der Waals surface area contributed by atoms with Crippen LogP contribution in [0.1, 0.15) is 11.1 Å². The maximum Gasteiger partial charge on any atom is 0.135 e. The molecule has 5 heterocycles. The number of aromatic amines is 2. The third-order valence-electron chi connectivity index (χ3n) is 7.72. The van der Waals surface area contributed by atoms with Crippen LogP contribution in [-0.2, 0) is 13.0 Å². The molecule has 0 unspecified atom stereocenters. The van der Waals surface area contributed by atoms with Crippen LogP contribution in [0.3, 0.4) is 0 Å². The van der Waals surface area contributed by atoms with Crippen molar-refractivity contribution in [2.75, 3.05) is 11.6 Å². The molecule has 0 atom stereocenters. The van der Waals surface area contributed by atoms with E-state index in [0.29, 0.717) is 24.2 Å². The van der Waals surface area contributed by atoms with Crippen LogP contribution in [0.25, 0.3) is 55.7 Å². The predicted molar refractivity (Wildman–Crippen MR) is 195 cm³/mol. The molecule has 0 aliphatic heterocycles. The van der Waals surface area contributed by atoms with Gasteiger partial charge in [-0.25, -0.2) is 9.37 Å². The van der Waals surface area contributed by atoms with E-state index >= 15 is 0 Å². The van der Waals surface area contributed by atoms with Crippen molar-refractivity contribution >= 4 is 48.8 Å². The van der Waals surface area contributed by atoms with Gasteiger partial charge in [0.1, 0.15) is 17.0 Å². The van der Waals surface area contributed by atoms with Crippen molar-refractivity contribution in [3.05, 3.63) is 127 Å². The van der Waals surface area contributed by atoms with Crippen molar-refractivity contribution in [1.29, 1.82) is 0 Å². The van der Waals surface area contributed by atoms with Crippen LogP contribution in [0.4, 0.5) is 10.1 Å². The van der Waals surface area contributed by atoms with Gasteiger partial charge in [-0.05, 0) is 65.4 Å². The molecule has 7 rings (SSSR count). The van der Waals surface area contributed by atoms with E-state index in [1.807, 2.05) is 54.8 Å². The van der Waals surface area contributed by atoms with Gasteiger partial charge in [0.15, 0.2) is 0 Å². The van der Waals surface area contributed by atoms with Gasteiger partial charge in [-0.3, -0.25) is 19.8 Å². The van der Waals surface area contributed by atoms with Gasteiger partial charge in [-0.2, -0.15) is 14.5 Å². The van der Waals surface area contributed by atoms with Crippen LogP contribution < -0.4 is 10.0 Å². The lowest BCUT2D eigenvalue weighted by Crippen LogP contribution is -2.08. The molecule has 8 nitrogen and oxygen atoms in total. The number of hydrogen-bond acceptors (Lipinski definition) is 6. The Morgan fingerprint density at radius 1 is 0.872 bits per heavy atom. The fourth-order valence-electron chi connectivity index (χ4n) is 5.56. The normalized spacial score (nSPS) is 11.7. The van der Waals surface area contributed by atoms with E-state index in [1.165, 1.54) is 17.7 Å². The summed E-state index contributed by atoms with van der Waals surface area (Å²) in [7, 11) is -1.44. The summed E-state index contributed by atoms with van der Waals surface area (Å²) in [5, 5.41) is 12.0. The van der Waals surface area contributed by atoms with Crippen LogP contribution >= 0.6 is 9.39 Å². The Morgan fingerprint density at radius 3 is 2.53 bits per heavy atom. The molecule has 0 fully saturated rings. The first-order chi connectivity index (χ1) is 22.7. The third kappa shape index (κ3) is 6.69. The lowest BCUT2D eigenvalue weighted by molar-refractivity contribution is 0.625. The average Bonchev–Trinajstić information content (AvgIpc) is 3.68. The molecule has 0 aliphatic carbocycles. The summed E-state index contributed by atoms with van der Waals surface area (Å²) in [4.78, 5) is 17.4. The van der Waals surface area contributed by atoms with Crippen molar-refractivity contribution in [1.82, 2.24) is 34.9 Å². The zero-order valence-corrected chi connectivity index (χ0v) is 26.7. The Balaban J connectivity index is 1.20. The Labute approximate surface area is 272 Å². The molecule has 234 valence electrons. The van der Waals surface area contributed by atoms with Gasteiger partial charge >= 0.3 is 0 Å². The Kier molecular flexibility index (Phi) is 7.88. The molecule has 0 bridgehead atoms. The van der Waals surface area contributed by atoms with Crippen LogP contribution in [0.5, 0.6) is 0 Å². The van der Waals surface area contributed by atoms with E-state index in [9.17, 15) is 4.39 Å². The molecule has 2 aromatic carbocycles. The molecule has 7 aromatic rings. The summed E-state index contributed by atoms with van der Waals surface area (Å²) in [6, 6.07) is 23.1. The largest absolute Gasteiger partial charge is 0.358 e. The van der Waals surface area contributed by atoms with E-state index in [4.69, 9.17) is 4.98 Å². The first-order valence-corrected chi connectivity index (χ1v) is 17.3. The summed E-state index contributed by atoms with van der Waals surface area (Å²) in [5.41, 5.74) is 10.6. The van der Waals surface area contributed by atoms with Crippen LogP contribution in [-0.4, -0.2) is 48.1 Å². The van der Waals surface area contributed by atoms with Gasteiger partial charge in [-0.15, -0.1) is 0 Å². The minimum absolute atomic E-state index is 0.318.